The summed E-state index contributed by atoms with van der Waals surface area (Å²) in [5.41, 5.74) is 2.21. The third kappa shape index (κ3) is 3.49. The minimum atomic E-state index is 0.249. The molecular formula is C19H20N4OS. The van der Waals surface area contributed by atoms with Gasteiger partial charge in [-0.1, -0.05) is 12.1 Å². The van der Waals surface area contributed by atoms with Crippen LogP contribution in [0.15, 0.2) is 47.4 Å². The number of rotatable bonds is 4. The van der Waals surface area contributed by atoms with Crippen molar-refractivity contribution in [2.75, 3.05) is 31.1 Å². The fourth-order valence-electron chi connectivity index (χ4n) is 3.25. The monoisotopic (exact) mass is 352 g/mol. The van der Waals surface area contributed by atoms with E-state index in [0.717, 1.165) is 49.3 Å². The van der Waals surface area contributed by atoms with Crippen molar-refractivity contribution < 1.29 is 4.79 Å². The number of amides is 1. The highest BCUT2D eigenvalue weighted by atomic mass is 32.1. The first-order valence-corrected chi connectivity index (χ1v) is 9.49. The molecule has 0 N–H and O–H groups in total. The zero-order chi connectivity index (χ0) is 17.1. The summed E-state index contributed by atoms with van der Waals surface area (Å²) in [6.45, 7) is 3.12. The van der Waals surface area contributed by atoms with E-state index in [2.05, 4.69) is 37.8 Å². The maximum atomic E-state index is 12.4. The molecule has 1 aromatic carbocycles. The second-order valence-electron chi connectivity index (χ2n) is 6.21. The molecule has 1 aliphatic rings. The molecule has 0 aliphatic carbocycles. The molecular weight excluding hydrogens is 332 g/mol. The van der Waals surface area contributed by atoms with E-state index in [0.29, 0.717) is 6.42 Å². The van der Waals surface area contributed by atoms with Crippen LogP contribution in [0.3, 0.4) is 0 Å². The lowest BCUT2D eigenvalue weighted by Crippen LogP contribution is -2.49. The molecule has 1 aliphatic heterocycles. The Bertz CT molecular complexity index is 852. The van der Waals surface area contributed by atoms with E-state index in [9.17, 15) is 4.79 Å². The Morgan fingerprint density at radius 3 is 2.72 bits per heavy atom. The molecule has 0 radical (unpaired) electrons. The van der Waals surface area contributed by atoms with Gasteiger partial charge in [0.2, 0.25) is 5.91 Å². The smallest absolute Gasteiger partial charge is 0.223 e. The van der Waals surface area contributed by atoms with Crippen LogP contribution in [-0.2, 0) is 11.2 Å². The summed E-state index contributed by atoms with van der Waals surface area (Å²) in [5.74, 6) is 1.22. The van der Waals surface area contributed by atoms with Crippen molar-refractivity contribution in [3.8, 4) is 0 Å². The number of hydrogen-bond donors (Lipinski definition) is 0. The highest BCUT2D eigenvalue weighted by molar-refractivity contribution is 7.07. The number of carbonyl (C=O) groups excluding carboxylic acids is 1. The van der Waals surface area contributed by atoms with E-state index in [1.54, 1.807) is 17.7 Å². The first kappa shape index (κ1) is 16.0. The van der Waals surface area contributed by atoms with E-state index in [1.807, 2.05) is 23.1 Å². The van der Waals surface area contributed by atoms with E-state index >= 15 is 0 Å². The highest BCUT2D eigenvalue weighted by Gasteiger charge is 2.22. The first-order valence-electron chi connectivity index (χ1n) is 8.55. The molecule has 0 saturated carbocycles. The Kier molecular flexibility index (Phi) is 4.61. The summed E-state index contributed by atoms with van der Waals surface area (Å²) in [7, 11) is 0. The zero-order valence-electron chi connectivity index (χ0n) is 14.0. The molecule has 128 valence electrons. The zero-order valence-corrected chi connectivity index (χ0v) is 14.8. The largest absolute Gasteiger partial charge is 0.352 e. The molecule has 2 aromatic heterocycles. The molecule has 25 heavy (non-hydrogen) atoms. The lowest BCUT2D eigenvalue weighted by molar-refractivity contribution is -0.131. The predicted molar refractivity (Wildman–Crippen MR) is 101 cm³/mol. The summed E-state index contributed by atoms with van der Waals surface area (Å²) < 4.78 is 0. The van der Waals surface area contributed by atoms with Gasteiger partial charge in [-0.05, 0) is 40.9 Å². The number of anilines is 1. The van der Waals surface area contributed by atoms with Gasteiger partial charge in [0.1, 0.15) is 12.1 Å². The van der Waals surface area contributed by atoms with Crippen molar-refractivity contribution in [3.63, 3.8) is 0 Å². The molecule has 0 spiro atoms. The van der Waals surface area contributed by atoms with Crippen molar-refractivity contribution in [2.45, 2.75) is 12.8 Å². The Labute approximate surface area is 150 Å². The SMILES string of the molecule is O=C(CCc1ccsc1)N1CCN(c2ncnc3ccccc23)CC1. The molecule has 1 fully saturated rings. The summed E-state index contributed by atoms with van der Waals surface area (Å²) in [6.07, 6.45) is 3.04. The second kappa shape index (κ2) is 7.19. The van der Waals surface area contributed by atoms with Crippen LogP contribution in [-0.4, -0.2) is 47.0 Å². The predicted octanol–water partition coefficient (Wildman–Crippen LogP) is 2.97. The van der Waals surface area contributed by atoms with Crippen LogP contribution in [0.5, 0.6) is 0 Å². The van der Waals surface area contributed by atoms with E-state index in [4.69, 9.17) is 0 Å². The van der Waals surface area contributed by atoms with Crippen molar-refractivity contribution in [1.82, 2.24) is 14.9 Å². The molecule has 1 amide bonds. The molecule has 6 heteroatoms. The topological polar surface area (TPSA) is 49.3 Å². The van der Waals surface area contributed by atoms with Crippen molar-refractivity contribution in [3.05, 3.63) is 53.0 Å². The Hall–Kier alpha value is -2.47. The van der Waals surface area contributed by atoms with Crippen LogP contribution in [0.2, 0.25) is 0 Å². The molecule has 1 saturated heterocycles. The van der Waals surface area contributed by atoms with Crippen LogP contribution in [0.4, 0.5) is 5.82 Å². The Morgan fingerprint density at radius 2 is 1.92 bits per heavy atom. The van der Waals surface area contributed by atoms with Crippen LogP contribution in [0.25, 0.3) is 10.9 Å². The molecule has 3 heterocycles. The first-order chi connectivity index (χ1) is 12.3. The van der Waals surface area contributed by atoms with Crippen LogP contribution in [0, 0.1) is 0 Å². The van der Waals surface area contributed by atoms with Gasteiger partial charge in [0.25, 0.3) is 0 Å². The van der Waals surface area contributed by atoms with Gasteiger partial charge < -0.3 is 9.80 Å². The number of hydrogen-bond acceptors (Lipinski definition) is 5. The number of piperazine rings is 1. The lowest BCUT2D eigenvalue weighted by Gasteiger charge is -2.35. The second-order valence-corrected chi connectivity index (χ2v) is 6.99. The number of benzene rings is 1. The molecule has 5 nitrogen and oxygen atoms in total. The molecule has 0 atom stereocenters. The summed E-state index contributed by atoms with van der Waals surface area (Å²) in [6, 6.07) is 10.2. The number of thiophene rings is 1. The van der Waals surface area contributed by atoms with Crippen LogP contribution in [0.1, 0.15) is 12.0 Å². The van der Waals surface area contributed by atoms with Gasteiger partial charge in [0, 0.05) is 38.0 Å². The number of nitrogens with zero attached hydrogens (tertiary/aromatic N) is 4. The van der Waals surface area contributed by atoms with E-state index in [-0.39, 0.29) is 5.91 Å². The van der Waals surface area contributed by atoms with Gasteiger partial charge in [0.05, 0.1) is 5.52 Å². The van der Waals surface area contributed by atoms with E-state index < -0.39 is 0 Å². The van der Waals surface area contributed by atoms with Gasteiger partial charge in [0.15, 0.2) is 0 Å². The summed E-state index contributed by atoms with van der Waals surface area (Å²) >= 11 is 1.68. The molecule has 0 bridgehead atoms. The van der Waals surface area contributed by atoms with Crippen molar-refractivity contribution in [2.24, 2.45) is 0 Å². The number of para-hydroxylation sites is 1. The van der Waals surface area contributed by atoms with E-state index in [1.165, 1.54) is 5.56 Å². The maximum absolute atomic E-state index is 12.4. The third-order valence-corrected chi connectivity index (χ3v) is 5.39. The van der Waals surface area contributed by atoms with Crippen LogP contribution < -0.4 is 4.90 Å². The normalized spacial score (nSPS) is 14.9. The standard InChI is InChI=1S/C19H20N4OS/c24-18(6-5-15-7-12-25-13-15)22-8-10-23(11-9-22)19-16-3-1-2-4-17(16)20-14-21-19/h1-4,7,12-14H,5-6,8-11H2. The van der Waals surface area contributed by atoms with Gasteiger partial charge in [-0.3, -0.25) is 4.79 Å². The number of carbonyl (C=O) groups is 1. The van der Waals surface area contributed by atoms with Gasteiger partial charge >= 0.3 is 0 Å². The van der Waals surface area contributed by atoms with Crippen LogP contribution >= 0.6 is 11.3 Å². The minimum absolute atomic E-state index is 0.249. The lowest BCUT2D eigenvalue weighted by atomic mass is 10.1. The molecule has 3 aromatic rings. The van der Waals surface area contributed by atoms with Crippen molar-refractivity contribution in [1.29, 1.82) is 0 Å². The third-order valence-electron chi connectivity index (χ3n) is 4.66. The summed E-state index contributed by atoms with van der Waals surface area (Å²) in [4.78, 5) is 25.5. The van der Waals surface area contributed by atoms with Gasteiger partial charge in [-0.15, -0.1) is 0 Å². The molecule has 0 unspecified atom stereocenters. The van der Waals surface area contributed by atoms with Gasteiger partial charge in [-0.25, -0.2) is 9.97 Å². The fraction of sp³-hybridized carbons (Fsp3) is 0.316. The quantitative estimate of drug-likeness (QED) is 0.724. The Balaban J connectivity index is 1.38. The summed E-state index contributed by atoms with van der Waals surface area (Å²) in [5, 5.41) is 5.25. The number of aryl methyl sites for hydroxylation is 1. The number of aromatic nitrogens is 2. The number of fused-ring (bicyclic) bond motifs is 1. The van der Waals surface area contributed by atoms with Crippen molar-refractivity contribution >= 4 is 34.0 Å². The minimum Gasteiger partial charge on any atom is -0.352 e. The fourth-order valence-corrected chi connectivity index (χ4v) is 3.96. The molecule has 4 rings (SSSR count). The average molecular weight is 352 g/mol. The van der Waals surface area contributed by atoms with Gasteiger partial charge in [-0.2, -0.15) is 11.3 Å². The Morgan fingerprint density at radius 1 is 1.08 bits per heavy atom. The highest BCUT2D eigenvalue weighted by Crippen LogP contribution is 2.23. The maximum Gasteiger partial charge on any atom is 0.223 e. The average Bonchev–Trinajstić information content (AvgIpc) is 3.19.